The van der Waals surface area contributed by atoms with Gasteiger partial charge in [-0.2, -0.15) is 4.98 Å². The third-order valence-electron chi connectivity index (χ3n) is 5.09. The molecular formula is C22H20F2N4O2S. The molecule has 160 valence electrons. The third-order valence-corrected chi connectivity index (χ3v) is 6.10. The first kappa shape index (κ1) is 21.2. The van der Waals surface area contributed by atoms with E-state index in [2.05, 4.69) is 15.3 Å². The molecule has 0 aliphatic heterocycles. The van der Waals surface area contributed by atoms with Crippen molar-refractivity contribution in [3.8, 4) is 0 Å². The van der Waals surface area contributed by atoms with Crippen molar-refractivity contribution in [2.45, 2.75) is 37.3 Å². The van der Waals surface area contributed by atoms with Crippen molar-refractivity contribution in [3.63, 3.8) is 0 Å². The lowest BCUT2D eigenvalue weighted by Gasteiger charge is -2.22. The number of hydrogen-bond acceptors (Lipinski definition) is 5. The molecule has 9 heteroatoms. The average Bonchev–Trinajstić information content (AvgIpc) is 2.77. The van der Waals surface area contributed by atoms with Gasteiger partial charge in [0.15, 0.2) is 0 Å². The number of fused-ring (bicyclic) bond motifs is 1. The maximum atomic E-state index is 13.8. The molecule has 1 amide bonds. The summed E-state index contributed by atoms with van der Waals surface area (Å²) < 4.78 is 28.5. The standard InChI is InChI=1S/C22H20F2N4O2S/c23-15-5-6-18(17(24)11-15)26-20(29)13-31-21-16-3-1-2-4-19(16)28(22(30)27-21)12-14-7-9-25-10-8-14/h5-11H,1-4,12-13H2,(H,26,29). The van der Waals surface area contributed by atoms with Gasteiger partial charge in [-0.15, -0.1) is 0 Å². The van der Waals surface area contributed by atoms with Crippen LogP contribution in [0.25, 0.3) is 0 Å². The summed E-state index contributed by atoms with van der Waals surface area (Å²) in [6, 6.07) is 6.69. The van der Waals surface area contributed by atoms with E-state index in [0.717, 1.165) is 60.3 Å². The van der Waals surface area contributed by atoms with Crippen LogP contribution in [0.1, 0.15) is 29.7 Å². The van der Waals surface area contributed by atoms with E-state index in [9.17, 15) is 18.4 Å². The molecule has 0 fully saturated rings. The highest BCUT2D eigenvalue weighted by Gasteiger charge is 2.21. The number of nitrogens with one attached hydrogen (secondary N) is 1. The molecule has 0 radical (unpaired) electrons. The summed E-state index contributed by atoms with van der Waals surface area (Å²) in [6.45, 7) is 0.423. The van der Waals surface area contributed by atoms with Gasteiger partial charge in [-0.25, -0.2) is 13.6 Å². The molecule has 0 atom stereocenters. The fraction of sp³-hybridized carbons (Fsp3) is 0.273. The molecule has 1 N–H and O–H groups in total. The first-order valence-corrected chi connectivity index (χ1v) is 10.9. The molecule has 4 rings (SSSR count). The second-order valence-electron chi connectivity index (χ2n) is 7.23. The molecule has 31 heavy (non-hydrogen) atoms. The minimum absolute atomic E-state index is 0.0376. The number of thioether (sulfide) groups is 1. The number of pyridine rings is 1. The summed E-state index contributed by atoms with van der Waals surface area (Å²) in [5.74, 6) is -2.05. The van der Waals surface area contributed by atoms with Gasteiger partial charge < -0.3 is 5.32 Å². The Morgan fingerprint density at radius 1 is 1.13 bits per heavy atom. The molecule has 0 saturated heterocycles. The number of anilines is 1. The van der Waals surface area contributed by atoms with E-state index >= 15 is 0 Å². The molecule has 0 spiro atoms. The van der Waals surface area contributed by atoms with E-state index < -0.39 is 17.5 Å². The van der Waals surface area contributed by atoms with Gasteiger partial charge in [0, 0.05) is 29.7 Å². The van der Waals surface area contributed by atoms with E-state index in [1.165, 1.54) is 6.07 Å². The molecule has 1 aliphatic carbocycles. The minimum Gasteiger partial charge on any atom is -0.323 e. The van der Waals surface area contributed by atoms with Gasteiger partial charge in [-0.1, -0.05) is 11.8 Å². The van der Waals surface area contributed by atoms with Crippen LogP contribution in [0.2, 0.25) is 0 Å². The van der Waals surface area contributed by atoms with Crippen molar-refractivity contribution in [3.05, 3.63) is 81.7 Å². The largest absolute Gasteiger partial charge is 0.349 e. The molecule has 0 unspecified atom stereocenters. The zero-order valence-corrected chi connectivity index (χ0v) is 17.4. The summed E-state index contributed by atoms with van der Waals surface area (Å²) in [6.07, 6.45) is 6.91. The molecule has 6 nitrogen and oxygen atoms in total. The van der Waals surface area contributed by atoms with E-state index in [0.29, 0.717) is 17.6 Å². The monoisotopic (exact) mass is 442 g/mol. The summed E-state index contributed by atoms with van der Waals surface area (Å²) in [7, 11) is 0. The maximum Gasteiger partial charge on any atom is 0.349 e. The average molecular weight is 442 g/mol. The van der Waals surface area contributed by atoms with Crippen LogP contribution in [0.15, 0.2) is 52.5 Å². The molecule has 2 aromatic heterocycles. The maximum absolute atomic E-state index is 13.8. The van der Waals surface area contributed by atoms with E-state index in [1.54, 1.807) is 17.0 Å². The number of benzene rings is 1. The first-order chi connectivity index (χ1) is 15.0. The fourth-order valence-electron chi connectivity index (χ4n) is 3.61. The Morgan fingerprint density at radius 2 is 1.90 bits per heavy atom. The highest BCUT2D eigenvalue weighted by atomic mass is 32.2. The Balaban J connectivity index is 1.53. The lowest BCUT2D eigenvalue weighted by atomic mass is 9.97. The van der Waals surface area contributed by atoms with Crippen LogP contribution in [0.3, 0.4) is 0 Å². The van der Waals surface area contributed by atoms with Crippen molar-refractivity contribution in [1.29, 1.82) is 0 Å². The number of halogens is 2. The molecule has 1 aliphatic rings. The Kier molecular flexibility index (Phi) is 6.41. The van der Waals surface area contributed by atoms with E-state index in [4.69, 9.17) is 0 Å². The predicted octanol–water partition coefficient (Wildman–Crippen LogP) is 3.57. The van der Waals surface area contributed by atoms with Crippen LogP contribution in [-0.4, -0.2) is 26.2 Å². The minimum atomic E-state index is -0.840. The van der Waals surface area contributed by atoms with Gasteiger partial charge in [0.1, 0.15) is 16.7 Å². The van der Waals surface area contributed by atoms with Crippen molar-refractivity contribution in [2.24, 2.45) is 0 Å². The number of hydrogen-bond donors (Lipinski definition) is 1. The van der Waals surface area contributed by atoms with Crippen molar-refractivity contribution < 1.29 is 13.6 Å². The highest BCUT2D eigenvalue weighted by molar-refractivity contribution is 8.00. The highest BCUT2D eigenvalue weighted by Crippen LogP contribution is 2.29. The van der Waals surface area contributed by atoms with Crippen LogP contribution in [0, 0.1) is 11.6 Å². The normalized spacial score (nSPS) is 13.0. The van der Waals surface area contributed by atoms with Crippen LogP contribution in [0.5, 0.6) is 0 Å². The second kappa shape index (κ2) is 9.38. The lowest BCUT2D eigenvalue weighted by molar-refractivity contribution is -0.113. The molecule has 1 aromatic carbocycles. The molecular weight excluding hydrogens is 422 g/mol. The number of nitrogens with zero attached hydrogens (tertiary/aromatic N) is 3. The van der Waals surface area contributed by atoms with Crippen molar-refractivity contribution >= 4 is 23.4 Å². The van der Waals surface area contributed by atoms with E-state index in [-0.39, 0.29) is 17.1 Å². The van der Waals surface area contributed by atoms with E-state index in [1.807, 2.05) is 12.1 Å². The molecule has 0 bridgehead atoms. The SMILES string of the molecule is O=C(CSc1nc(=O)n(Cc2ccncc2)c2c1CCCC2)Nc1ccc(F)cc1F. The third kappa shape index (κ3) is 4.99. The quantitative estimate of drug-likeness (QED) is 0.467. The van der Waals surface area contributed by atoms with Crippen molar-refractivity contribution in [1.82, 2.24) is 14.5 Å². The van der Waals surface area contributed by atoms with Crippen LogP contribution < -0.4 is 11.0 Å². The van der Waals surface area contributed by atoms with Crippen LogP contribution in [0.4, 0.5) is 14.5 Å². The number of aromatic nitrogens is 3. The van der Waals surface area contributed by atoms with Gasteiger partial charge in [0.2, 0.25) is 5.91 Å². The summed E-state index contributed by atoms with van der Waals surface area (Å²) in [5.41, 5.74) is 2.47. The van der Waals surface area contributed by atoms with Crippen LogP contribution in [-0.2, 0) is 24.2 Å². The predicted molar refractivity (Wildman–Crippen MR) is 114 cm³/mol. The Bertz CT molecular complexity index is 1170. The van der Waals surface area contributed by atoms with Crippen LogP contribution >= 0.6 is 11.8 Å². The van der Waals surface area contributed by atoms with Gasteiger partial charge in [-0.05, 0) is 55.5 Å². The van der Waals surface area contributed by atoms with Gasteiger partial charge >= 0.3 is 5.69 Å². The zero-order valence-electron chi connectivity index (χ0n) is 16.6. The Hall–Kier alpha value is -3.07. The Labute approximate surface area is 181 Å². The number of rotatable bonds is 6. The topological polar surface area (TPSA) is 76.9 Å². The van der Waals surface area contributed by atoms with Gasteiger partial charge in [-0.3, -0.25) is 14.3 Å². The summed E-state index contributed by atoms with van der Waals surface area (Å²) in [5, 5.41) is 2.97. The number of carbonyl (C=O) groups excluding carboxylic acids is 1. The summed E-state index contributed by atoms with van der Waals surface area (Å²) >= 11 is 1.16. The van der Waals surface area contributed by atoms with Gasteiger partial charge in [0.25, 0.3) is 0 Å². The Morgan fingerprint density at radius 3 is 2.68 bits per heavy atom. The van der Waals surface area contributed by atoms with Gasteiger partial charge in [0.05, 0.1) is 18.0 Å². The molecule has 0 saturated carbocycles. The smallest absolute Gasteiger partial charge is 0.323 e. The molecule has 2 heterocycles. The number of amides is 1. The zero-order chi connectivity index (χ0) is 21.8. The van der Waals surface area contributed by atoms with Crippen molar-refractivity contribution in [2.75, 3.05) is 11.1 Å². The molecule has 3 aromatic rings. The fourth-order valence-corrected chi connectivity index (χ4v) is 4.49. The first-order valence-electron chi connectivity index (χ1n) is 9.90. The lowest BCUT2D eigenvalue weighted by Crippen LogP contribution is -2.30. The second-order valence-corrected chi connectivity index (χ2v) is 8.20. The number of carbonyl (C=O) groups is 1. The summed E-state index contributed by atoms with van der Waals surface area (Å²) in [4.78, 5) is 33.3.